The number of aliphatic hydroxyl groups excluding tert-OH is 1. The predicted molar refractivity (Wildman–Crippen MR) is 69.1 cm³/mol. The third-order valence-electron chi connectivity index (χ3n) is 3.52. The molecule has 0 rings (SSSR count). The molecule has 0 bridgehead atoms. The average Bonchev–Trinajstić information content (AvgIpc) is 2.38. The minimum atomic E-state index is -5.89. The van der Waals surface area contributed by atoms with Crippen LogP contribution in [-0.2, 0) is 20.2 Å². The maximum absolute atomic E-state index is 14.3. The standard InChI is InChI=1S/C9H16F4O8S2/c10-3-6(22(16,17)18)7(13)9(15,1-2-14)8(4-11,5-12)23(19,20)21/h6-7,14-15H,1-5H2,(H,16,17,18)(H,19,20,21). The van der Waals surface area contributed by atoms with Gasteiger partial charge in [-0.05, 0) is 0 Å². The molecular formula is C9H16F4O8S2. The minimum absolute atomic E-state index is 1.31. The highest BCUT2D eigenvalue weighted by molar-refractivity contribution is 7.87. The van der Waals surface area contributed by atoms with E-state index >= 15 is 0 Å². The van der Waals surface area contributed by atoms with E-state index in [9.17, 15) is 39.5 Å². The van der Waals surface area contributed by atoms with E-state index in [1.165, 1.54) is 0 Å². The Morgan fingerprint density at radius 2 is 1.43 bits per heavy atom. The fraction of sp³-hybridized carbons (Fsp3) is 1.00. The zero-order valence-electron chi connectivity index (χ0n) is 11.4. The molecule has 0 aromatic carbocycles. The molecule has 0 aliphatic heterocycles. The lowest BCUT2D eigenvalue weighted by Crippen LogP contribution is -2.69. The summed E-state index contributed by atoms with van der Waals surface area (Å²) in [5.41, 5.74) is -3.90. The molecule has 0 saturated heterocycles. The molecule has 8 nitrogen and oxygen atoms in total. The minimum Gasteiger partial charge on any atom is -0.396 e. The Bertz CT molecular complexity index is 591. The van der Waals surface area contributed by atoms with E-state index in [1.807, 2.05) is 0 Å². The highest BCUT2D eigenvalue weighted by Gasteiger charge is 2.66. The number of hydrogen-bond acceptors (Lipinski definition) is 6. The van der Waals surface area contributed by atoms with Crippen molar-refractivity contribution in [2.75, 3.05) is 26.6 Å². The lowest BCUT2D eigenvalue weighted by atomic mass is 9.80. The maximum atomic E-state index is 14.3. The summed E-state index contributed by atoms with van der Waals surface area (Å²) >= 11 is 0. The maximum Gasteiger partial charge on any atom is 0.278 e. The first-order valence-electron chi connectivity index (χ1n) is 5.87. The van der Waals surface area contributed by atoms with Crippen LogP contribution in [0.3, 0.4) is 0 Å². The number of hydrogen-bond donors (Lipinski definition) is 4. The summed E-state index contributed by atoms with van der Waals surface area (Å²) in [4.78, 5) is 0. The van der Waals surface area contributed by atoms with Gasteiger partial charge in [0, 0.05) is 13.0 Å². The first kappa shape index (κ1) is 22.5. The van der Waals surface area contributed by atoms with Crippen molar-refractivity contribution in [1.29, 1.82) is 0 Å². The van der Waals surface area contributed by atoms with Crippen LogP contribution in [0.1, 0.15) is 6.42 Å². The van der Waals surface area contributed by atoms with Crippen molar-refractivity contribution in [3.63, 3.8) is 0 Å². The van der Waals surface area contributed by atoms with E-state index in [1.54, 1.807) is 0 Å². The molecule has 0 aromatic heterocycles. The van der Waals surface area contributed by atoms with E-state index in [0.717, 1.165) is 0 Å². The van der Waals surface area contributed by atoms with E-state index in [2.05, 4.69) is 0 Å². The molecule has 140 valence electrons. The molecule has 0 saturated carbocycles. The molecule has 23 heavy (non-hydrogen) atoms. The van der Waals surface area contributed by atoms with Gasteiger partial charge >= 0.3 is 0 Å². The number of halogens is 4. The van der Waals surface area contributed by atoms with Gasteiger partial charge in [-0.2, -0.15) is 16.8 Å². The van der Waals surface area contributed by atoms with Gasteiger partial charge in [0.1, 0.15) is 30.9 Å². The first-order chi connectivity index (χ1) is 10.3. The van der Waals surface area contributed by atoms with Crippen molar-refractivity contribution >= 4 is 20.2 Å². The van der Waals surface area contributed by atoms with Gasteiger partial charge in [0.25, 0.3) is 20.2 Å². The van der Waals surface area contributed by atoms with Crippen LogP contribution in [0.25, 0.3) is 0 Å². The monoisotopic (exact) mass is 392 g/mol. The Labute approximate surface area is 129 Å². The van der Waals surface area contributed by atoms with Crippen LogP contribution >= 0.6 is 0 Å². The molecule has 14 heteroatoms. The molecule has 0 aromatic rings. The topological polar surface area (TPSA) is 149 Å². The molecule has 0 fully saturated rings. The lowest BCUT2D eigenvalue weighted by molar-refractivity contribution is -0.0981. The Morgan fingerprint density at radius 3 is 1.65 bits per heavy atom. The first-order valence-corrected chi connectivity index (χ1v) is 8.82. The van der Waals surface area contributed by atoms with Gasteiger partial charge in [0.2, 0.25) is 0 Å². The van der Waals surface area contributed by atoms with E-state index < -0.39 is 75.1 Å². The van der Waals surface area contributed by atoms with Gasteiger partial charge < -0.3 is 10.2 Å². The summed E-state index contributed by atoms with van der Waals surface area (Å²) in [5.74, 6) is 0. The Morgan fingerprint density at radius 1 is 1.00 bits per heavy atom. The van der Waals surface area contributed by atoms with Crippen LogP contribution in [0.2, 0.25) is 0 Å². The van der Waals surface area contributed by atoms with Crippen LogP contribution in [0.5, 0.6) is 0 Å². The SMILES string of the molecule is O=S(=O)(O)C(CF)C(F)C(O)(CCO)C(CF)(CF)S(=O)(=O)O. The molecule has 3 atom stereocenters. The summed E-state index contributed by atoms with van der Waals surface area (Å²) in [6.07, 6.45) is -5.07. The number of rotatable bonds is 10. The van der Waals surface area contributed by atoms with Gasteiger partial charge in [-0.1, -0.05) is 0 Å². The highest BCUT2D eigenvalue weighted by atomic mass is 32.2. The van der Waals surface area contributed by atoms with Crippen LogP contribution < -0.4 is 0 Å². The quantitative estimate of drug-likeness (QED) is 0.280. The van der Waals surface area contributed by atoms with Crippen LogP contribution in [0.4, 0.5) is 17.6 Å². The fourth-order valence-corrected chi connectivity index (χ4v) is 3.66. The van der Waals surface area contributed by atoms with E-state index in [0.29, 0.717) is 0 Å². The Balaban J connectivity index is 6.49. The van der Waals surface area contributed by atoms with Gasteiger partial charge in [-0.3, -0.25) is 9.11 Å². The van der Waals surface area contributed by atoms with E-state index in [4.69, 9.17) is 14.2 Å². The summed E-state index contributed by atoms with van der Waals surface area (Å²) in [7, 11) is -11.4. The van der Waals surface area contributed by atoms with Crippen LogP contribution in [-0.4, -0.2) is 84.6 Å². The van der Waals surface area contributed by atoms with Crippen molar-refractivity contribution in [2.45, 2.75) is 28.2 Å². The van der Waals surface area contributed by atoms with Crippen LogP contribution in [0.15, 0.2) is 0 Å². The van der Waals surface area contributed by atoms with Crippen LogP contribution in [0, 0.1) is 0 Å². The third-order valence-corrected chi connectivity index (χ3v) is 6.21. The zero-order chi connectivity index (χ0) is 18.7. The Hall–Kier alpha value is -0.540. The summed E-state index contributed by atoms with van der Waals surface area (Å²) in [6, 6.07) is 0. The smallest absolute Gasteiger partial charge is 0.278 e. The van der Waals surface area contributed by atoms with Gasteiger partial charge in [-0.25, -0.2) is 17.6 Å². The second-order valence-electron chi connectivity index (χ2n) is 4.74. The van der Waals surface area contributed by atoms with Crippen molar-refractivity contribution in [2.24, 2.45) is 0 Å². The largest absolute Gasteiger partial charge is 0.396 e. The van der Waals surface area contributed by atoms with Gasteiger partial charge in [-0.15, -0.1) is 0 Å². The van der Waals surface area contributed by atoms with Crippen molar-refractivity contribution in [3.05, 3.63) is 0 Å². The normalized spacial score (nSPS) is 19.1. The summed E-state index contributed by atoms with van der Waals surface area (Å²) in [5, 5.41) is 15.8. The molecule has 0 aliphatic rings. The fourth-order valence-electron chi connectivity index (χ4n) is 2.03. The second kappa shape index (κ2) is 7.57. The Kier molecular flexibility index (Phi) is 7.39. The highest BCUT2D eigenvalue weighted by Crippen LogP contribution is 2.40. The van der Waals surface area contributed by atoms with Crippen molar-refractivity contribution < 1.29 is 53.7 Å². The van der Waals surface area contributed by atoms with E-state index in [-0.39, 0.29) is 0 Å². The molecule has 0 heterocycles. The molecule has 0 spiro atoms. The average molecular weight is 392 g/mol. The molecule has 0 aliphatic carbocycles. The molecule has 3 unspecified atom stereocenters. The van der Waals surface area contributed by atoms with Crippen molar-refractivity contribution in [1.82, 2.24) is 0 Å². The molecular weight excluding hydrogens is 376 g/mol. The molecule has 4 N–H and O–H groups in total. The lowest BCUT2D eigenvalue weighted by Gasteiger charge is -2.44. The summed E-state index contributed by atoms with van der Waals surface area (Å²) < 4.78 is 111. The molecule has 0 radical (unpaired) electrons. The van der Waals surface area contributed by atoms with Crippen molar-refractivity contribution in [3.8, 4) is 0 Å². The zero-order valence-corrected chi connectivity index (χ0v) is 13.1. The number of aliphatic hydroxyl groups is 2. The predicted octanol–water partition coefficient (Wildman–Crippen LogP) is -0.770. The summed E-state index contributed by atoms with van der Waals surface area (Å²) in [6.45, 7) is -8.35. The second-order valence-corrected chi connectivity index (χ2v) is 8.11. The third kappa shape index (κ3) is 3.93. The van der Waals surface area contributed by atoms with Gasteiger partial charge in [0.05, 0.1) is 0 Å². The molecule has 0 amide bonds. The van der Waals surface area contributed by atoms with Gasteiger partial charge in [0.15, 0.2) is 10.9 Å². The number of alkyl halides is 4.